The molecule has 5 heteroatoms. The summed E-state index contributed by atoms with van der Waals surface area (Å²) in [6.07, 6.45) is 3.69. The van der Waals surface area contributed by atoms with Crippen molar-refractivity contribution in [3.05, 3.63) is 35.9 Å². The molecule has 116 valence electrons. The van der Waals surface area contributed by atoms with Gasteiger partial charge < -0.3 is 4.74 Å². The highest BCUT2D eigenvalue weighted by Gasteiger charge is 2.41. The molecule has 0 radical (unpaired) electrons. The monoisotopic (exact) mass is 309 g/mol. The Morgan fingerprint density at radius 2 is 1.90 bits per heavy atom. The summed E-state index contributed by atoms with van der Waals surface area (Å²) >= 11 is 0. The van der Waals surface area contributed by atoms with Gasteiger partial charge in [-0.25, -0.2) is 12.7 Å². The lowest BCUT2D eigenvalue weighted by Gasteiger charge is -2.31. The Morgan fingerprint density at radius 3 is 2.62 bits per heavy atom. The van der Waals surface area contributed by atoms with Crippen molar-refractivity contribution in [3.8, 4) is 0 Å². The van der Waals surface area contributed by atoms with Crippen LogP contribution in [0.4, 0.5) is 0 Å². The van der Waals surface area contributed by atoms with Gasteiger partial charge in [0.2, 0.25) is 10.0 Å². The van der Waals surface area contributed by atoms with Crippen molar-refractivity contribution in [1.29, 1.82) is 0 Å². The van der Waals surface area contributed by atoms with Gasteiger partial charge in [0.05, 0.1) is 18.5 Å². The quantitative estimate of drug-likeness (QED) is 0.810. The molecule has 2 fully saturated rings. The largest absolute Gasteiger partial charge is 0.376 e. The molecule has 2 aliphatic rings. The van der Waals surface area contributed by atoms with Gasteiger partial charge in [-0.15, -0.1) is 0 Å². The van der Waals surface area contributed by atoms with Gasteiger partial charge in [0.25, 0.3) is 0 Å². The molecule has 0 N–H and O–H groups in total. The van der Waals surface area contributed by atoms with E-state index in [9.17, 15) is 8.42 Å². The summed E-state index contributed by atoms with van der Waals surface area (Å²) in [6.45, 7) is 2.57. The zero-order chi connectivity index (χ0) is 14.7. The van der Waals surface area contributed by atoms with Gasteiger partial charge >= 0.3 is 0 Å². The summed E-state index contributed by atoms with van der Waals surface area (Å²) in [4.78, 5) is 0. The first-order valence-corrected chi connectivity index (χ1v) is 9.27. The van der Waals surface area contributed by atoms with E-state index in [0.29, 0.717) is 32.2 Å². The van der Waals surface area contributed by atoms with E-state index in [-0.39, 0.29) is 5.25 Å². The maximum absolute atomic E-state index is 12.3. The molecule has 1 heterocycles. The molecule has 3 rings (SSSR count). The topological polar surface area (TPSA) is 46.6 Å². The van der Waals surface area contributed by atoms with Crippen LogP contribution in [0, 0.1) is 5.92 Å². The molecule has 0 amide bonds. The van der Waals surface area contributed by atoms with Gasteiger partial charge in [0.15, 0.2) is 0 Å². The lowest BCUT2D eigenvalue weighted by atomic mass is 10.0. The Bertz CT molecular complexity index is 554. The third-order valence-electron chi connectivity index (χ3n) is 4.25. The summed E-state index contributed by atoms with van der Waals surface area (Å²) < 4.78 is 32.0. The van der Waals surface area contributed by atoms with E-state index < -0.39 is 10.0 Å². The second-order valence-electron chi connectivity index (χ2n) is 6.11. The standard InChI is InChI=1S/C16H23NO3S/c18-21(19,16-8-9-16)17-10-4-7-15(11-17)13-20-12-14-5-2-1-3-6-14/h1-3,5-6,15-16H,4,7-13H2. The van der Waals surface area contributed by atoms with Crippen LogP contribution in [0.3, 0.4) is 0 Å². The number of hydrogen-bond donors (Lipinski definition) is 0. The van der Waals surface area contributed by atoms with E-state index in [4.69, 9.17) is 4.74 Å². The van der Waals surface area contributed by atoms with E-state index >= 15 is 0 Å². The van der Waals surface area contributed by atoms with E-state index in [2.05, 4.69) is 0 Å². The van der Waals surface area contributed by atoms with Crippen molar-refractivity contribution < 1.29 is 13.2 Å². The highest BCUT2D eigenvalue weighted by molar-refractivity contribution is 7.90. The molecular formula is C16H23NO3S. The average Bonchev–Trinajstić information content (AvgIpc) is 3.34. The summed E-state index contributed by atoms with van der Waals surface area (Å²) in [5, 5.41) is -0.0958. The lowest BCUT2D eigenvalue weighted by molar-refractivity contribution is 0.0672. The predicted molar refractivity (Wildman–Crippen MR) is 82.3 cm³/mol. The van der Waals surface area contributed by atoms with E-state index in [1.807, 2.05) is 30.3 Å². The molecule has 4 nitrogen and oxygen atoms in total. The molecular weight excluding hydrogens is 286 g/mol. The Kier molecular flexibility index (Phi) is 4.62. The zero-order valence-corrected chi connectivity index (χ0v) is 13.1. The third-order valence-corrected chi connectivity index (χ3v) is 6.62. The van der Waals surface area contributed by atoms with Crippen LogP contribution >= 0.6 is 0 Å². The van der Waals surface area contributed by atoms with Crippen LogP contribution in [-0.4, -0.2) is 37.7 Å². The van der Waals surface area contributed by atoms with E-state index in [1.54, 1.807) is 4.31 Å². The molecule has 1 saturated carbocycles. The Morgan fingerprint density at radius 1 is 1.14 bits per heavy atom. The number of nitrogens with zero attached hydrogens (tertiary/aromatic N) is 1. The normalized spacial score (nSPS) is 24.1. The van der Waals surface area contributed by atoms with Crippen LogP contribution in [-0.2, 0) is 21.4 Å². The van der Waals surface area contributed by atoms with Crippen molar-refractivity contribution in [2.24, 2.45) is 5.92 Å². The number of benzene rings is 1. The summed E-state index contributed by atoms with van der Waals surface area (Å²) in [7, 11) is -3.02. The number of piperidine rings is 1. The minimum atomic E-state index is -3.02. The smallest absolute Gasteiger partial charge is 0.216 e. The maximum Gasteiger partial charge on any atom is 0.216 e. The maximum atomic E-state index is 12.3. The molecule has 1 aromatic carbocycles. The number of sulfonamides is 1. The van der Waals surface area contributed by atoms with E-state index in [0.717, 1.165) is 31.2 Å². The lowest BCUT2D eigenvalue weighted by Crippen LogP contribution is -2.42. The van der Waals surface area contributed by atoms with Crippen LogP contribution in [0.2, 0.25) is 0 Å². The molecule has 0 aromatic heterocycles. The minimum absolute atomic E-state index is 0.0958. The summed E-state index contributed by atoms with van der Waals surface area (Å²) in [6, 6.07) is 10.1. The number of rotatable bonds is 6. The molecule has 1 saturated heterocycles. The highest BCUT2D eigenvalue weighted by Crippen LogP contribution is 2.33. The third kappa shape index (κ3) is 3.84. The molecule has 0 bridgehead atoms. The summed E-state index contributed by atoms with van der Waals surface area (Å²) in [5.74, 6) is 0.330. The van der Waals surface area contributed by atoms with Crippen molar-refractivity contribution in [2.75, 3.05) is 19.7 Å². The molecule has 1 aromatic rings. The zero-order valence-electron chi connectivity index (χ0n) is 12.3. The van der Waals surface area contributed by atoms with Crippen molar-refractivity contribution in [2.45, 2.75) is 37.5 Å². The first kappa shape index (κ1) is 15.0. The second kappa shape index (κ2) is 6.46. The van der Waals surface area contributed by atoms with Crippen LogP contribution in [0.25, 0.3) is 0 Å². The Balaban J connectivity index is 1.48. The molecule has 0 spiro atoms. The van der Waals surface area contributed by atoms with Gasteiger partial charge in [-0.1, -0.05) is 30.3 Å². The fraction of sp³-hybridized carbons (Fsp3) is 0.625. The average molecular weight is 309 g/mol. The SMILES string of the molecule is O=S(=O)(C1CC1)N1CCCC(COCc2ccccc2)C1. The van der Waals surface area contributed by atoms with Crippen molar-refractivity contribution in [1.82, 2.24) is 4.31 Å². The van der Waals surface area contributed by atoms with Crippen molar-refractivity contribution in [3.63, 3.8) is 0 Å². The number of hydrogen-bond acceptors (Lipinski definition) is 3. The van der Waals surface area contributed by atoms with E-state index in [1.165, 1.54) is 0 Å². The van der Waals surface area contributed by atoms with Crippen LogP contribution < -0.4 is 0 Å². The highest BCUT2D eigenvalue weighted by atomic mass is 32.2. The van der Waals surface area contributed by atoms with Gasteiger partial charge in [0, 0.05) is 13.1 Å². The van der Waals surface area contributed by atoms with Gasteiger partial charge in [0.1, 0.15) is 0 Å². The van der Waals surface area contributed by atoms with Crippen LogP contribution in [0.1, 0.15) is 31.2 Å². The minimum Gasteiger partial charge on any atom is -0.376 e. The Labute approximate surface area is 127 Å². The number of ether oxygens (including phenoxy) is 1. The van der Waals surface area contributed by atoms with Gasteiger partial charge in [-0.05, 0) is 37.2 Å². The fourth-order valence-corrected chi connectivity index (χ4v) is 4.84. The fourth-order valence-electron chi connectivity index (χ4n) is 2.89. The molecule has 21 heavy (non-hydrogen) atoms. The van der Waals surface area contributed by atoms with Crippen molar-refractivity contribution >= 4 is 10.0 Å². The van der Waals surface area contributed by atoms with Crippen LogP contribution in [0.15, 0.2) is 30.3 Å². The Hall–Kier alpha value is -0.910. The first-order chi connectivity index (χ1) is 10.2. The van der Waals surface area contributed by atoms with Gasteiger partial charge in [-0.3, -0.25) is 0 Å². The molecule has 1 unspecified atom stereocenters. The molecule has 1 aliphatic carbocycles. The molecule has 1 atom stereocenters. The summed E-state index contributed by atoms with van der Waals surface area (Å²) in [5.41, 5.74) is 1.16. The van der Waals surface area contributed by atoms with Crippen LogP contribution in [0.5, 0.6) is 0 Å². The second-order valence-corrected chi connectivity index (χ2v) is 8.32. The van der Waals surface area contributed by atoms with Gasteiger partial charge in [-0.2, -0.15) is 0 Å². The predicted octanol–water partition coefficient (Wildman–Crippen LogP) is 2.41. The first-order valence-electron chi connectivity index (χ1n) is 7.77. The molecule has 1 aliphatic heterocycles.